The van der Waals surface area contributed by atoms with Gasteiger partial charge in [0.1, 0.15) is 17.2 Å². The van der Waals surface area contributed by atoms with Gasteiger partial charge in [-0.2, -0.15) is 0 Å². The lowest BCUT2D eigenvalue weighted by atomic mass is 10.0. The Hall–Kier alpha value is -3.64. The molecule has 1 aromatic carbocycles. The van der Waals surface area contributed by atoms with Gasteiger partial charge < -0.3 is 21.5 Å². The molecule has 3 heterocycles. The summed E-state index contributed by atoms with van der Waals surface area (Å²) in [7, 11) is 0. The fourth-order valence-corrected chi connectivity index (χ4v) is 3.94. The predicted octanol–water partition coefficient (Wildman–Crippen LogP) is 2.74. The van der Waals surface area contributed by atoms with Crippen LogP contribution in [-0.2, 0) is 0 Å². The summed E-state index contributed by atoms with van der Waals surface area (Å²) in [4.78, 5) is 29.2. The molecule has 0 amide bonds. The molecule has 4 rings (SSSR count). The Kier molecular flexibility index (Phi) is 5.50. The second-order valence-corrected chi connectivity index (χ2v) is 7.57. The van der Waals surface area contributed by atoms with E-state index in [2.05, 4.69) is 4.98 Å². The molecule has 1 aliphatic rings. The van der Waals surface area contributed by atoms with Crippen molar-refractivity contribution in [3.8, 4) is 5.82 Å². The van der Waals surface area contributed by atoms with Gasteiger partial charge in [-0.05, 0) is 6.07 Å². The molecule has 0 radical (unpaired) electrons. The molecule has 1 aliphatic heterocycles. The van der Waals surface area contributed by atoms with Gasteiger partial charge in [-0.25, -0.2) is 27.3 Å². The zero-order valence-electron chi connectivity index (χ0n) is 16.5. The number of hydrogen-bond acceptors (Lipinski definition) is 6. The summed E-state index contributed by atoms with van der Waals surface area (Å²) in [5.74, 6) is -7.01. The first-order valence-corrected chi connectivity index (χ1v) is 9.66. The third-order valence-corrected chi connectivity index (χ3v) is 5.55. The van der Waals surface area contributed by atoms with Crippen molar-refractivity contribution in [3.05, 3.63) is 68.0 Å². The van der Waals surface area contributed by atoms with Gasteiger partial charge in [0.15, 0.2) is 23.3 Å². The van der Waals surface area contributed by atoms with Gasteiger partial charge in [-0.1, -0.05) is 11.6 Å². The fourth-order valence-electron chi connectivity index (χ4n) is 3.54. The first-order valence-electron chi connectivity index (χ1n) is 9.29. The van der Waals surface area contributed by atoms with E-state index < -0.39 is 62.3 Å². The number of nitrogens with zero attached hydrogens (tertiary/aromatic N) is 3. The molecule has 3 aromatic rings. The number of hydrogen-bond donors (Lipinski definition) is 3. The van der Waals surface area contributed by atoms with Crippen molar-refractivity contribution in [3.63, 3.8) is 0 Å². The van der Waals surface area contributed by atoms with Crippen molar-refractivity contribution in [2.45, 2.75) is 0 Å². The molecule has 0 spiro atoms. The Morgan fingerprint density at radius 1 is 1.18 bits per heavy atom. The molecule has 172 valence electrons. The normalized spacial score (nSPS) is 13.4. The third-order valence-electron chi connectivity index (χ3n) is 5.20. The number of aromatic carboxylic acids is 1. The van der Waals surface area contributed by atoms with Gasteiger partial charge in [-0.15, -0.1) is 0 Å². The van der Waals surface area contributed by atoms with Crippen molar-refractivity contribution < 1.29 is 27.5 Å². The van der Waals surface area contributed by atoms with E-state index >= 15 is 0 Å². The average molecular weight is 484 g/mol. The van der Waals surface area contributed by atoms with E-state index in [1.807, 2.05) is 0 Å². The summed E-state index contributed by atoms with van der Waals surface area (Å²) in [6.07, 6.45) is 0.735. The third kappa shape index (κ3) is 3.56. The lowest BCUT2D eigenvalue weighted by molar-refractivity contribution is 0.0695. The molecule has 8 nitrogen and oxygen atoms in total. The summed E-state index contributed by atoms with van der Waals surface area (Å²) in [6, 6.07) is 1.16. The summed E-state index contributed by atoms with van der Waals surface area (Å²) in [5, 5.41) is 8.52. The molecule has 1 fully saturated rings. The van der Waals surface area contributed by atoms with Crippen LogP contribution in [0, 0.1) is 17.5 Å². The monoisotopic (exact) mass is 483 g/mol. The van der Waals surface area contributed by atoms with Crippen LogP contribution in [0.15, 0.2) is 34.5 Å². The van der Waals surface area contributed by atoms with Crippen LogP contribution < -0.4 is 21.8 Å². The largest absolute Gasteiger partial charge is 0.477 e. The van der Waals surface area contributed by atoms with Gasteiger partial charge >= 0.3 is 5.97 Å². The van der Waals surface area contributed by atoms with Crippen molar-refractivity contribution in [2.75, 3.05) is 30.3 Å². The minimum Gasteiger partial charge on any atom is -0.477 e. The fraction of sp³-hybridized carbons (Fsp3) is 0.150. The highest BCUT2D eigenvalue weighted by molar-refractivity contribution is 6.38. The van der Waals surface area contributed by atoms with Crippen molar-refractivity contribution in [1.82, 2.24) is 9.55 Å². The van der Waals surface area contributed by atoms with Crippen LogP contribution in [0.25, 0.3) is 16.7 Å². The molecule has 0 unspecified atom stereocenters. The molecule has 1 saturated heterocycles. The zero-order chi connectivity index (χ0) is 24.2. The molecule has 0 saturated carbocycles. The number of benzene rings is 1. The second-order valence-electron chi connectivity index (χ2n) is 7.19. The Morgan fingerprint density at radius 3 is 2.45 bits per heavy atom. The Bertz CT molecular complexity index is 1430. The van der Waals surface area contributed by atoms with Crippen LogP contribution in [-0.4, -0.2) is 40.3 Å². The Labute approximate surface area is 187 Å². The summed E-state index contributed by atoms with van der Waals surface area (Å²) in [6.45, 7) is -0.414. The van der Waals surface area contributed by atoms with Gasteiger partial charge in [-0.3, -0.25) is 9.36 Å². The number of pyridine rings is 2. The first kappa shape index (κ1) is 22.6. The van der Waals surface area contributed by atoms with E-state index in [9.17, 15) is 32.3 Å². The van der Waals surface area contributed by atoms with E-state index in [4.69, 9.17) is 23.1 Å². The Morgan fingerprint density at radius 2 is 1.85 bits per heavy atom. The number of carboxylic acid groups (broad SMARTS) is 1. The lowest BCUT2D eigenvalue weighted by Gasteiger charge is -2.37. The van der Waals surface area contributed by atoms with E-state index in [1.54, 1.807) is 0 Å². The quantitative estimate of drug-likeness (QED) is 0.487. The van der Waals surface area contributed by atoms with Gasteiger partial charge in [0.2, 0.25) is 5.43 Å². The Balaban J connectivity index is 2.05. The molecule has 0 bridgehead atoms. The number of rotatable bonds is 4. The van der Waals surface area contributed by atoms with E-state index in [1.165, 1.54) is 4.90 Å². The maximum Gasteiger partial charge on any atom is 0.341 e. The summed E-state index contributed by atoms with van der Waals surface area (Å²) >= 11 is 6.42. The summed E-state index contributed by atoms with van der Waals surface area (Å²) in [5.41, 5.74) is 8.56. The highest BCUT2D eigenvalue weighted by Crippen LogP contribution is 2.40. The molecular weight excluding hydrogens is 470 g/mol. The number of halogens is 5. The number of nitrogen functional groups attached to an aromatic ring is 1. The van der Waals surface area contributed by atoms with Crippen LogP contribution in [0.5, 0.6) is 0 Å². The average Bonchev–Trinajstić information content (AvgIpc) is 2.72. The summed E-state index contributed by atoms with van der Waals surface area (Å²) < 4.78 is 57.7. The minimum atomic E-state index is -1.68. The SMILES string of the molecule is NCC(F)=C1CN(c2c(F)cc3c(=O)c(C(=O)O)cn(-c4nc(N)c(F)cc4F)c3c2Cl)C1. The second kappa shape index (κ2) is 8.05. The molecular formula is C20H14ClF4N5O3. The van der Waals surface area contributed by atoms with E-state index in [0.29, 0.717) is 11.6 Å². The number of fused-ring (bicyclic) bond motifs is 1. The zero-order valence-corrected chi connectivity index (χ0v) is 17.3. The van der Waals surface area contributed by atoms with Gasteiger partial charge in [0.05, 0.1) is 21.6 Å². The van der Waals surface area contributed by atoms with Crippen molar-refractivity contribution >= 4 is 40.0 Å². The van der Waals surface area contributed by atoms with Crippen LogP contribution >= 0.6 is 11.6 Å². The highest BCUT2D eigenvalue weighted by atomic mass is 35.5. The molecule has 0 aliphatic carbocycles. The topological polar surface area (TPSA) is 127 Å². The van der Waals surface area contributed by atoms with Crippen molar-refractivity contribution in [1.29, 1.82) is 0 Å². The lowest BCUT2D eigenvalue weighted by Crippen LogP contribution is -2.42. The van der Waals surface area contributed by atoms with Crippen LogP contribution in [0.3, 0.4) is 0 Å². The maximum atomic E-state index is 15.0. The van der Waals surface area contributed by atoms with Gasteiger partial charge in [0, 0.05) is 37.5 Å². The number of aromatic nitrogens is 2. The molecule has 33 heavy (non-hydrogen) atoms. The van der Waals surface area contributed by atoms with Crippen LogP contribution in [0.2, 0.25) is 5.02 Å². The maximum absolute atomic E-state index is 15.0. The number of nitrogens with two attached hydrogens (primary N) is 2. The van der Waals surface area contributed by atoms with E-state index in [-0.39, 0.29) is 30.8 Å². The van der Waals surface area contributed by atoms with Crippen LogP contribution in [0.1, 0.15) is 10.4 Å². The molecule has 13 heteroatoms. The number of anilines is 2. The smallest absolute Gasteiger partial charge is 0.341 e. The standard InChI is InChI=1S/C20H14ClF4N5O3/c21-14-15-8(1-10(22)16(14)29-4-7(5-29)13(25)3-26)17(31)9(20(32)33)6-30(15)19-12(24)2-11(23)18(27)28-19/h1-2,6H,3-5,26H2,(H2,27,28)(H,32,33). The molecule has 2 aromatic heterocycles. The van der Waals surface area contributed by atoms with E-state index in [0.717, 1.165) is 16.8 Å². The predicted molar refractivity (Wildman–Crippen MR) is 113 cm³/mol. The van der Waals surface area contributed by atoms with Gasteiger partial charge in [0.25, 0.3) is 0 Å². The number of carboxylic acids is 1. The molecule has 5 N–H and O–H groups in total. The minimum absolute atomic E-state index is 0.0429. The number of carbonyl (C=O) groups is 1. The first-order chi connectivity index (χ1) is 15.5. The van der Waals surface area contributed by atoms with Crippen molar-refractivity contribution in [2.24, 2.45) is 5.73 Å². The van der Waals surface area contributed by atoms with Crippen LogP contribution in [0.4, 0.5) is 29.1 Å². The highest BCUT2D eigenvalue weighted by Gasteiger charge is 2.31. The molecule has 0 atom stereocenters.